The lowest BCUT2D eigenvalue weighted by atomic mass is 9.91. The first-order valence-electron chi connectivity index (χ1n) is 7.19. The van der Waals surface area contributed by atoms with Gasteiger partial charge in [-0.3, -0.25) is 9.48 Å². The molecule has 6 nitrogen and oxygen atoms in total. The molecule has 0 N–H and O–H groups in total. The third-order valence-electron chi connectivity index (χ3n) is 4.06. The van der Waals surface area contributed by atoms with Gasteiger partial charge < -0.3 is 4.90 Å². The Hall–Kier alpha value is -2.24. The van der Waals surface area contributed by atoms with Gasteiger partial charge in [-0.15, -0.1) is 0 Å². The molecule has 110 valence electrons. The largest absolute Gasteiger partial charge is 0.339 e. The summed E-state index contributed by atoms with van der Waals surface area (Å²) >= 11 is 0. The van der Waals surface area contributed by atoms with Crippen molar-refractivity contribution in [1.29, 1.82) is 0 Å². The Morgan fingerprint density at radius 2 is 2.05 bits per heavy atom. The summed E-state index contributed by atoms with van der Waals surface area (Å²) in [5.74, 6) is 0.493. The second-order valence-corrected chi connectivity index (χ2v) is 5.56. The third kappa shape index (κ3) is 2.79. The molecule has 1 aliphatic heterocycles. The van der Waals surface area contributed by atoms with Crippen LogP contribution in [0.4, 0.5) is 0 Å². The fourth-order valence-corrected chi connectivity index (χ4v) is 2.91. The Bertz CT molecular complexity index is 643. The summed E-state index contributed by atoms with van der Waals surface area (Å²) in [4.78, 5) is 22.7. The van der Waals surface area contributed by atoms with E-state index in [0.29, 0.717) is 11.5 Å². The number of amides is 1. The van der Waals surface area contributed by atoms with Gasteiger partial charge in [0.15, 0.2) is 0 Å². The molecule has 1 fully saturated rings. The van der Waals surface area contributed by atoms with E-state index in [1.54, 1.807) is 23.4 Å². The normalized spacial score (nSPS) is 16.2. The first-order chi connectivity index (χ1) is 10.1. The van der Waals surface area contributed by atoms with Crippen LogP contribution < -0.4 is 0 Å². The fraction of sp³-hybridized carbons (Fsp3) is 0.467. The van der Waals surface area contributed by atoms with Crippen LogP contribution in [0.1, 0.15) is 40.4 Å². The molecular weight excluding hydrogens is 266 g/mol. The molecule has 0 bridgehead atoms. The van der Waals surface area contributed by atoms with E-state index in [-0.39, 0.29) is 5.91 Å². The van der Waals surface area contributed by atoms with E-state index in [9.17, 15) is 4.79 Å². The fourth-order valence-electron chi connectivity index (χ4n) is 2.91. The molecule has 2 aromatic heterocycles. The highest BCUT2D eigenvalue weighted by Gasteiger charge is 2.26. The molecule has 1 saturated heterocycles. The molecule has 6 heteroatoms. The Morgan fingerprint density at radius 3 is 2.67 bits per heavy atom. The van der Waals surface area contributed by atoms with Crippen LogP contribution >= 0.6 is 0 Å². The minimum atomic E-state index is 0.0703. The van der Waals surface area contributed by atoms with E-state index < -0.39 is 0 Å². The second kappa shape index (κ2) is 5.63. The maximum absolute atomic E-state index is 12.4. The predicted octanol–water partition coefficient (Wildman–Crippen LogP) is 1.54. The summed E-state index contributed by atoms with van der Waals surface area (Å²) < 4.78 is 1.66. The SMILES string of the molecule is Cc1cncnc1C1CCN(C(=O)c2cnn(C)c2)CC1. The predicted molar refractivity (Wildman–Crippen MR) is 77.9 cm³/mol. The van der Waals surface area contributed by atoms with Crippen molar-refractivity contribution in [1.82, 2.24) is 24.6 Å². The summed E-state index contributed by atoms with van der Waals surface area (Å²) in [6, 6.07) is 0. The molecule has 0 aromatic carbocycles. The van der Waals surface area contributed by atoms with Gasteiger partial charge in [0.1, 0.15) is 6.33 Å². The van der Waals surface area contributed by atoms with Crippen LogP contribution in [0, 0.1) is 6.92 Å². The van der Waals surface area contributed by atoms with E-state index in [4.69, 9.17) is 0 Å². The van der Waals surface area contributed by atoms with Crippen LogP contribution in [0.15, 0.2) is 24.9 Å². The van der Waals surface area contributed by atoms with Crippen LogP contribution in [0.3, 0.4) is 0 Å². The molecule has 0 atom stereocenters. The number of carbonyl (C=O) groups is 1. The van der Waals surface area contributed by atoms with Crippen LogP contribution in [-0.2, 0) is 7.05 Å². The highest BCUT2D eigenvalue weighted by atomic mass is 16.2. The molecular formula is C15H19N5O. The zero-order chi connectivity index (χ0) is 14.8. The first-order valence-corrected chi connectivity index (χ1v) is 7.19. The number of rotatable bonds is 2. The topological polar surface area (TPSA) is 63.9 Å². The first kappa shape index (κ1) is 13.7. The monoisotopic (exact) mass is 285 g/mol. The van der Waals surface area contributed by atoms with Crippen molar-refractivity contribution >= 4 is 5.91 Å². The number of piperidine rings is 1. The average molecular weight is 285 g/mol. The van der Waals surface area contributed by atoms with Gasteiger partial charge in [-0.1, -0.05) is 0 Å². The minimum Gasteiger partial charge on any atom is -0.339 e. The number of nitrogens with zero attached hydrogens (tertiary/aromatic N) is 5. The summed E-state index contributed by atoms with van der Waals surface area (Å²) in [6.45, 7) is 3.58. The number of carbonyl (C=O) groups excluding carboxylic acids is 1. The summed E-state index contributed by atoms with van der Waals surface area (Å²) in [7, 11) is 1.82. The Labute approximate surface area is 123 Å². The van der Waals surface area contributed by atoms with Crippen molar-refractivity contribution in [3.05, 3.63) is 41.7 Å². The molecule has 0 spiro atoms. The zero-order valence-electron chi connectivity index (χ0n) is 12.4. The molecule has 21 heavy (non-hydrogen) atoms. The Kier molecular flexibility index (Phi) is 3.68. The molecule has 2 aromatic rings. The van der Waals surface area contributed by atoms with Crippen molar-refractivity contribution < 1.29 is 4.79 Å². The van der Waals surface area contributed by atoms with Gasteiger partial charge in [-0.25, -0.2) is 9.97 Å². The maximum atomic E-state index is 12.4. The van der Waals surface area contributed by atoms with E-state index in [1.165, 1.54) is 0 Å². The molecule has 3 rings (SSSR count). The molecule has 1 amide bonds. The molecule has 1 aliphatic rings. The van der Waals surface area contributed by atoms with Crippen molar-refractivity contribution in [2.45, 2.75) is 25.7 Å². The lowest BCUT2D eigenvalue weighted by Gasteiger charge is -2.31. The zero-order valence-corrected chi connectivity index (χ0v) is 12.4. The molecule has 0 saturated carbocycles. The number of hydrogen-bond donors (Lipinski definition) is 0. The standard InChI is InChI=1S/C15H19N5O/c1-11-7-16-10-17-14(11)12-3-5-20(6-4-12)15(21)13-8-18-19(2)9-13/h7-10,12H,3-6H2,1-2H3. The second-order valence-electron chi connectivity index (χ2n) is 5.56. The van der Waals surface area contributed by atoms with E-state index in [1.807, 2.05) is 25.1 Å². The van der Waals surface area contributed by atoms with Crippen molar-refractivity contribution in [2.75, 3.05) is 13.1 Å². The van der Waals surface area contributed by atoms with Crippen molar-refractivity contribution in [3.8, 4) is 0 Å². The summed E-state index contributed by atoms with van der Waals surface area (Å²) in [5, 5.41) is 4.06. The lowest BCUT2D eigenvalue weighted by molar-refractivity contribution is 0.0712. The Balaban J connectivity index is 1.65. The number of aromatic nitrogens is 4. The summed E-state index contributed by atoms with van der Waals surface area (Å²) in [5.41, 5.74) is 2.92. The van der Waals surface area contributed by atoms with Crippen LogP contribution in [-0.4, -0.2) is 43.6 Å². The summed E-state index contributed by atoms with van der Waals surface area (Å²) in [6.07, 6.45) is 8.75. The van der Waals surface area contributed by atoms with Gasteiger partial charge in [0, 0.05) is 44.1 Å². The quantitative estimate of drug-likeness (QED) is 0.839. The number of hydrogen-bond acceptors (Lipinski definition) is 4. The molecule has 3 heterocycles. The third-order valence-corrected chi connectivity index (χ3v) is 4.06. The van der Waals surface area contributed by atoms with Gasteiger partial charge in [-0.2, -0.15) is 5.10 Å². The van der Waals surface area contributed by atoms with Gasteiger partial charge >= 0.3 is 0 Å². The lowest BCUT2D eigenvalue weighted by Crippen LogP contribution is -2.38. The average Bonchev–Trinajstić information content (AvgIpc) is 2.94. The van der Waals surface area contributed by atoms with Gasteiger partial charge in [0.25, 0.3) is 5.91 Å². The van der Waals surface area contributed by atoms with Gasteiger partial charge in [0.2, 0.25) is 0 Å². The smallest absolute Gasteiger partial charge is 0.257 e. The maximum Gasteiger partial charge on any atom is 0.257 e. The van der Waals surface area contributed by atoms with Crippen molar-refractivity contribution in [2.24, 2.45) is 7.05 Å². The van der Waals surface area contributed by atoms with Gasteiger partial charge in [-0.05, 0) is 25.3 Å². The minimum absolute atomic E-state index is 0.0703. The number of likely N-dealkylation sites (tertiary alicyclic amines) is 1. The van der Waals surface area contributed by atoms with E-state index in [2.05, 4.69) is 15.1 Å². The highest BCUT2D eigenvalue weighted by molar-refractivity contribution is 5.93. The molecule has 0 unspecified atom stereocenters. The molecule has 0 radical (unpaired) electrons. The van der Waals surface area contributed by atoms with E-state index >= 15 is 0 Å². The molecule has 0 aliphatic carbocycles. The highest BCUT2D eigenvalue weighted by Crippen LogP contribution is 2.28. The van der Waals surface area contributed by atoms with Crippen molar-refractivity contribution in [3.63, 3.8) is 0 Å². The van der Waals surface area contributed by atoms with Crippen LogP contribution in [0.5, 0.6) is 0 Å². The van der Waals surface area contributed by atoms with Crippen LogP contribution in [0.2, 0.25) is 0 Å². The van der Waals surface area contributed by atoms with E-state index in [0.717, 1.165) is 37.2 Å². The Morgan fingerprint density at radius 1 is 1.29 bits per heavy atom. The van der Waals surface area contributed by atoms with Crippen LogP contribution in [0.25, 0.3) is 0 Å². The number of aryl methyl sites for hydroxylation is 2. The van der Waals surface area contributed by atoms with Gasteiger partial charge in [0.05, 0.1) is 11.8 Å².